The molecule has 0 aliphatic carbocycles. The molecule has 0 saturated carbocycles. The Kier molecular flexibility index (Phi) is 3.44. The van der Waals surface area contributed by atoms with E-state index in [1.165, 1.54) is 31.0 Å². The first kappa shape index (κ1) is 7.42. The van der Waals surface area contributed by atoms with Crippen LogP contribution in [0.3, 0.4) is 0 Å². The predicted molar refractivity (Wildman–Crippen MR) is 44.0 cm³/mol. The Morgan fingerprint density at radius 1 is 1.56 bits per heavy atom. The fourth-order valence-corrected chi connectivity index (χ4v) is 1.74. The second kappa shape index (κ2) is 4.18. The van der Waals surface area contributed by atoms with E-state index in [0.717, 1.165) is 5.92 Å². The maximum Gasteiger partial charge on any atom is -0.000796 e. The highest BCUT2D eigenvalue weighted by molar-refractivity contribution is 7.99. The molecule has 0 radical (unpaired) electrons. The zero-order chi connectivity index (χ0) is 6.53. The van der Waals surface area contributed by atoms with E-state index in [1.54, 1.807) is 0 Å². The molecule has 1 aliphatic heterocycles. The van der Waals surface area contributed by atoms with Crippen LogP contribution in [0, 0.1) is 5.92 Å². The van der Waals surface area contributed by atoms with Crippen LogP contribution in [0.25, 0.3) is 0 Å². The summed E-state index contributed by atoms with van der Waals surface area (Å²) in [6.45, 7) is 4.76. The number of thioether (sulfide) groups is 1. The van der Waals surface area contributed by atoms with Gasteiger partial charge in [-0.15, -0.1) is 0 Å². The van der Waals surface area contributed by atoms with Crippen LogP contribution in [0.2, 0.25) is 0 Å². The smallest absolute Gasteiger partial charge is 0.000796 e. The van der Waals surface area contributed by atoms with E-state index >= 15 is 0 Å². The van der Waals surface area contributed by atoms with Crippen LogP contribution in [0.15, 0.2) is 0 Å². The SMILES string of the molecule is CCSCCC1CNC1. The molecule has 1 N–H and O–H groups in total. The molecule has 0 aromatic carbocycles. The molecule has 1 nitrogen and oxygen atoms in total. The maximum atomic E-state index is 3.28. The van der Waals surface area contributed by atoms with Gasteiger partial charge in [0.05, 0.1) is 0 Å². The maximum absolute atomic E-state index is 3.28. The van der Waals surface area contributed by atoms with Gasteiger partial charge in [0.25, 0.3) is 0 Å². The van der Waals surface area contributed by atoms with Crippen molar-refractivity contribution in [2.24, 2.45) is 5.92 Å². The fourth-order valence-electron chi connectivity index (χ4n) is 0.947. The van der Waals surface area contributed by atoms with Crippen molar-refractivity contribution in [1.82, 2.24) is 5.32 Å². The summed E-state index contributed by atoms with van der Waals surface area (Å²) in [6.07, 6.45) is 1.42. The number of nitrogens with one attached hydrogen (secondary N) is 1. The Morgan fingerprint density at radius 2 is 2.33 bits per heavy atom. The molecule has 0 spiro atoms. The van der Waals surface area contributed by atoms with Crippen molar-refractivity contribution in [3.63, 3.8) is 0 Å². The highest BCUT2D eigenvalue weighted by Gasteiger charge is 2.14. The summed E-state index contributed by atoms with van der Waals surface area (Å²) in [4.78, 5) is 0. The molecule has 0 aromatic rings. The molecule has 1 aliphatic rings. The lowest BCUT2D eigenvalue weighted by atomic mass is 10.0. The van der Waals surface area contributed by atoms with Gasteiger partial charge in [0.15, 0.2) is 0 Å². The van der Waals surface area contributed by atoms with E-state index in [9.17, 15) is 0 Å². The Bertz CT molecular complexity index is 71.3. The van der Waals surface area contributed by atoms with Crippen molar-refractivity contribution in [2.45, 2.75) is 13.3 Å². The van der Waals surface area contributed by atoms with Crippen molar-refractivity contribution in [3.8, 4) is 0 Å². The first-order valence-electron chi connectivity index (χ1n) is 3.72. The van der Waals surface area contributed by atoms with E-state index in [-0.39, 0.29) is 0 Å². The van der Waals surface area contributed by atoms with Crippen LogP contribution >= 0.6 is 11.8 Å². The minimum atomic E-state index is 1.00. The van der Waals surface area contributed by atoms with Gasteiger partial charge in [0.2, 0.25) is 0 Å². The standard InChI is InChI=1S/C7H15NS/c1-2-9-4-3-7-5-8-6-7/h7-8H,2-6H2,1H3. The number of hydrogen-bond acceptors (Lipinski definition) is 2. The lowest BCUT2D eigenvalue weighted by Crippen LogP contribution is -2.42. The summed E-state index contributed by atoms with van der Waals surface area (Å²) in [7, 11) is 0. The van der Waals surface area contributed by atoms with E-state index in [1.807, 2.05) is 0 Å². The predicted octanol–water partition coefficient (Wildman–Crippen LogP) is 1.35. The Hall–Kier alpha value is 0.310. The monoisotopic (exact) mass is 145 g/mol. The summed E-state index contributed by atoms with van der Waals surface area (Å²) in [5.74, 6) is 3.65. The van der Waals surface area contributed by atoms with Crippen LogP contribution in [0.5, 0.6) is 0 Å². The molecule has 0 bridgehead atoms. The van der Waals surface area contributed by atoms with Gasteiger partial charge in [-0.1, -0.05) is 6.92 Å². The van der Waals surface area contributed by atoms with Gasteiger partial charge in [-0.3, -0.25) is 0 Å². The molecular formula is C7H15NS. The number of rotatable bonds is 4. The van der Waals surface area contributed by atoms with Gasteiger partial charge < -0.3 is 5.32 Å². The Morgan fingerprint density at radius 3 is 2.78 bits per heavy atom. The highest BCUT2D eigenvalue weighted by Crippen LogP contribution is 2.12. The van der Waals surface area contributed by atoms with Gasteiger partial charge in [0.1, 0.15) is 0 Å². The average Bonchev–Trinajstić information content (AvgIpc) is 1.76. The quantitative estimate of drug-likeness (QED) is 0.599. The molecule has 9 heavy (non-hydrogen) atoms. The van der Waals surface area contributed by atoms with Crippen LogP contribution in [-0.2, 0) is 0 Å². The van der Waals surface area contributed by atoms with Crippen molar-refractivity contribution in [3.05, 3.63) is 0 Å². The van der Waals surface area contributed by atoms with E-state index < -0.39 is 0 Å². The molecular weight excluding hydrogens is 130 g/mol. The first-order valence-corrected chi connectivity index (χ1v) is 4.87. The van der Waals surface area contributed by atoms with Crippen molar-refractivity contribution >= 4 is 11.8 Å². The second-order valence-corrected chi connectivity index (χ2v) is 3.90. The molecule has 1 rings (SSSR count). The zero-order valence-corrected chi connectivity index (χ0v) is 6.84. The van der Waals surface area contributed by atoms with Gasteiger partial charge in [-0.2, -0.15) is 11.8 Å². The van der Waals surface area contributed by atoms with Crippen molar-refractivity contribution in [1.29, 1.82) is 0 Å². The third-order valence-electron chi connectivity index (χ3n) is 1.74. The molecule has 0 unspecified atom stereocenters. The molecule has 2 heteroatoms. The summed E-state index contributed by atoms with van der Waals surface area (Å²) in [6, 6.07) is 0. The fraction of sp³-hybridized carbons (Fsp3) is 1.00. The molecule has 54 valence electrons. The normalized spacial score (nSPS) is 19.7. The third kappa shape index (κ3) is 2.59. The molecule has 1 heterocycles. The molecule has 0 amide bonds. The van der Waals surface area contributed by atoms with Gasteiger partial charge in [-0.25, -0.2) is 0 Å². The Labute approximate surface area is 61.6 Å². The van der Waals surface area contributed by atoms with Gasteiger partial charge in [0, 0.05) is 0 Å². The van der Waals surface area contributed by atoms with Crippen LogP contribution in [0.1, 0.15) is 13.3 Å². The van der Waals surface area contributed by atoms with Gasteiger partial charge >= 0.3 is 0 Å². The zero-order valence-electron chi connectivity index (χ0n) is 6.02. The van der Waals surface area contributed by atoms with Crippen molar-refractivity contribution < 1.29 is 0 Å². The van der Waals surface area contributed by atoms with Crippen LogP contribution in [-0.4, -0.2) is 24.6 Å². The summed E-state index contributed by atoms with van der Waals surface area (Å²) in [5.41, 5.74) is 0. The Balaban J connectivity index is 1.80. The van der Waals surface area contributed by atoms with E-state index in [2.05, 4.69) is 24.0 Å². The first-order chi connectivity index (χ1) is 4.43. The molecule has 0 aromatic heterocycles. The van der Waals surface area contributed by atoms with Crippen molar-refractivity contribution in [2.75, 3.05) is 24.6 Å². The van der Waals surface area contributed by atoms with E-state index in [4.69, 9.17) is 0 Å². The second-order valence-electron chi connectivity index (χ2n) is 2.51. The lowest BCUT2D eigenvalue weighted by Gasteiger charge is -2.26. The average molecular weight is 145 g/mol. The van der Waals surface area contributed by atoms with E-state index in [0.29, 0.717) is 0 Å². The van der Waals surface area contributed by atoms with Crippen LogP contribution in [0.4, 0.5) is 0 Å². The third-order valence-corrected chi connectivity index (χ3v) is 2.67. The topological polar surface area (TPSA) is 12.0 Å². The summed E-state index contributed by atoms with van der Waals surface area (Å²) < 4.78 is 0. The van der Waals surface area contributed by atoms with Crippen LogP contribution < -0.4 is 5.32 Å². The largest absolute Gasteiger partial charge is 0.316 e. The summed E-state index contributed by atoms with van der Waals surface area (Å²) in [5, 5.41) is 3.28. The minimum Gasteiger partial charge on any atom is -0.316 e. The van der Waals surface area contributed by atoms with Gasteiger partial charge in [-0.05, 0) is 36.9 Å². The lowest BCUT2D eigenvalue weighted by molar-refractivity contribution is 0.341. The molecule has 1 fully saturated rings. The molecule has 1 saturated heterocycles. The number of hydrogen-bond donors (Lipinski definition) is 1. The minimum absolute atomic E-state index is 1.00. The molecule has 0 atom stereocenters. The summed E-state index contributed by atoms with van der Waals surface area (Å²) >= 11 is 2.06. The highest BCUT2D eigenvalue weighted by atomic mass is 32.2.